The van der Waals surface area contributed by atoms with Crippen molar-refractivity contribution in [1.29, 1.82) is 0 Å². The zero-order valence-electron chi connectivity index (χ0n) is 13.3. The number of halogens is 1. The third-order valence-corrected chi connectivity index (χ3v) is 3.69. The molecule has 6 nitrogen and oxygen atoms in total. The van der Waals surface area contributed by atoms with E-state index in [1.807, 2.05) is 0 Å². The van der Waals surface area contributed by atoms with Crippen LogP contribution in [-0.4, -0.2) is 32.0 Å². The Morgan fingerprint density at radius 2 is 2.04 bits per heavy atom. The van der Waals surface area contributed by atoms with Gasteiger partial charge in [-0.15, -0.1) is 12.4 Å². The van der Waals surface area contributed by atoms with Crippen molar-refractivity contribution in [2.75, 3.05) is 30.4 Å². The van der Waals surface area contributed by atoms with E-state index in [2.05, 4.69) is 5.32 Å². The van der Waals surface area contributed by atoms with Crippen molar-refractivity contribution in [2.45, 2.75) is 32.1 Å². The predicted octanol–water partition coefficient (Wildman–Crippen LogP) is 2.31. The number of nitrogens with zero attached hydrogens (tertiary/aromatic N) is 1. The molecule has 0 aliphatic carbocycles. The van der Waals surface area contributed by atoms with Crippen molar-refractivity contribution < 1.29 is 14.3 Å². The van der Waals surface area contributed by atoms with Gasteiger partial charge in [-0.3, -0.25) is 9.59 Å². The van der Waals surface area contributed by atoms with Gasteiger partial charge in [-0.25, -0.2) is 0 Å². The molecule has 1 aliphatic rings. The van der Waals surface area contributed by atoms with E-state index in [-0.39, 0.29) is 30.8 Å². The monoisotopic (exact) mass is 341 g/mol. The number of amides is 2. The molecule has 1 heterocycles. The normalized spacial score (nSPS) is 13.0. The van der Waals surface area contributed by atoms with Crippen LogP contribution in [0.5, 0.6) is 5.75 Å². The third-order valence-electron chi connectivity index (χ3n) is 3.69. The average Bonchev–Trinajstić information content (AvgIpc) is 2.51. The van der Waals surface area contributed by atoms with Crippen molar-refractivity contribution in [2.24, 2.45) is 5.73 Å². The molecule has 128 valence electrons. The SMILES string of the molecule is CN1C(=O)COc2ccc(NC(=O)CCCCCCN)cc21.Cl. The maximum Gasteiger partial charge on any atom is 0.264 e. The number of fused-ring (bicyclic) bond motifs is 1. The van der Waals surface area contributed by atoms with Gasteiger partial charge in [0.05, 0.1) is 5.69 Å². The fraction of sp³-hybridized carbons (Fsp3) is 0.500. The highest BCUT2D eigenvalue weighted by atomic mass is 35.5. The Kier molecular flexibility index (Phi) is 7.85. The van der Waals surface area contributed by atoms with Gasteiger partial charge in [-0.05, 0) is 37.6 Å². The van der Waals surface area contributed by atoms with Crippen LogP contribution >= 0.6 is 12.4 Å². The van der Waals surface area contributed by atoms with Crippen molar-refractivity contribution in [3.05, 3.63) is 18.2 Å². The Labute approximate surface area is 142 Å². The van der Waals surface area contributed by atoms with Crippen LogP contribution in [0.3, 0.4) is 0 Å². The van der Waals surface area contributed by atoms with Crippen molar-refractivity contribution >= 4 is 35.6 Å². The standard InChI is InChI=1S/C16H23N3O3.ClH/c1-19-13-10-12(7-8-14(13)22-11-16(19)21)18-15(20)6-4-2-3-5-9-17;/h7-8,10H,2-6,9,11,17H2,1H3,(H,18,20);1H. The molecule has 2 amide bonds. The van der Waals surface area contributed by atoms with Gasteiger partial charge in [-0.2, -0.15) is 0 Å². The summed E-state index contributed by atoms with van der Waals surface area (Å²) in [6, 6.07) is 5.32. The number of nitrogens with one attached hydrogen (secondary N) is 1. The van der Waals surface area contributed by atoms with Gasteiger partial charge in [0.15, 0.2) is 6.61 Å². The number of unbranched alkanes of at least 4 members (excludes halogenated alkanes) is 3. The highest BCUT2D eigenvalue weighted by Crippen LogP contribution is 2.33. The van der Waals surface area contributed by atoms with Gasteiger partial charge >= 0.3 is 0 Å². The third kappa shape index (κ3) is 5.41. The molecule has 0 spiro atoms. The van der Waals surface area contributed by atoms with Gasteiger partial charge in [-0.1, -0.05) is 12.8 Å². The van der Waals surface area contributed by atoms with E-state index in [4.69, 9.17) is 10.5 Å². The zero-order chi connectivity index (χ0) is 15.9. The first-order valence-corrected chi connectivity index (χ1v) is 7.65. The molecule has 3 N–H and O–H groups in total. The fourth-order valence-electron chi connectivity index (χ4n) is 2.36. The van der Waals surface area contributed by atoms with E-state index in [1.54, 1.807) is 30.1 Å². The number of nitrogens with two attached hydrogens (primary N) is 1. The molecule has 0 bridgehead atoms. The molecule has 0 saturated carbocycles. The van der Waals surface area contributed by atoms with E-state index in [1.165, 1.54) is 0 Å². The maximum atomic E-state index is 11.9. The minimum atomic E-state index is -0.101. The maximum absolute atomic E-state index is 11.9. The Balaban J connectivity index is 0.00000264. The minimum absolute atomic E-state index is 0. The summed E-state index contributed by atoms with van der Waals surface area (Å²) < 4.78 is 5.35. The Morgan fingerprint density at radius 3 is 2.78 bits per heavy atom. The minimum Gasteiger partial charge on any atom is -0.482 e. The molecule has 2 rings (SSSR count). The lowest BCUT2D eigenvalue weighted by atomic mass is 10.1. The summed E-state index contributed by atoms with van der Waals surface area (Å²) in [5.41, 5.74) is 6.79. The molecule has 1 aromatic carbocycles. The highest BCUT2D eigenvalue weighted by molar-refractivity contribution is 5.99. The van der Waals surface area contributed by atoms with Crippen LogP contribution in [-0.2, 0) is 9.59 Å². The van der Waals surface area contributed by atoms with Crippen LogP contribution in [0.15, 0.2) is 18.2 Å². The van der Waals surface area contributed by atoms with E-state index in [0.29, 0.717) is 30.1 Å². The second-order valence-electron chi connectivity index (χ2n) is 5.42. The quantitative estimate of drug-likeness (QED) is 0.745. The van der Waals surface area contributed by atoms with Crippen molar-refractivity contribution in [3.8, 4) is 5.75 Å². The smallest absolute Gasteiger partial charge is 0.264 e. The molecule has 0 aromatic heterocycles. The molecule has 0 unspecified atom stereocenters. The van der Waals surface area contributed by atoms with Gasteiger partial charge in [0.25, 0.3) is 5.91 Å². The molecule has 0 radical (unpaired) electrons. The first-order chi connectivity index (χ1) is 10.6. The number of hydrogen-bond acceptors (Lipinski definition) is 4. The highest BCUT2D eigenvalue weighted by Gasteiger charge is 2.22. The number of ether oxygens (including phenoxy) is 1. The predicted molar refractivity (Wildman–Crippen MR) is 93.4 cm³/mol. The lowest BCUT2D eigenvalue weighted by Crippen LogP contribution is -2.35. The molecule has 0 atom stereocenters. The number of carbonyl (C=O) groups excluding carboxylic acids is 2. The number of likely N-dealkylation sites (N-methyl/N-ethyl adjacent to an activating group) is 1. The first-order valence-electron chi connectivity index (χ1n) is 7.65. The van der Waals surface area contributed by atoms with Gasteiger partial charge < -0.3 is 20.7 Å². The van der Waals surface area contributed by atoms with Gasteiger partial charge in [0, 0.05) is 19.2 Å². The Bertz CT molecular complexity index is 551. The fourth-order valence-corrected chi connectivity index (χ4v) is 2.36. The molecule has 1 aromatic rings. The van der Waals surface area contributed by atoms with E-state index < -0.39 is 0 Å². The summed E-state index contributed by atoms with van der Waals surface area (Å²) in [4.78, 5) is 25.1. The second-order valence-corrected chi connectivity index (χ2v) is 5.42. The van der Waals surface area contributed by atoms with Crippen LogP contribution in [0, 0.1) is 0 Å². The summed E-state index contributed by atoms with van der Waals surface area (Å²) in [6.07, 6.45) is 4.44. The number of anilines is 2. The molecule has 0 saturated heterocycles. The van der Waals surface area contributed by atoms with Gasteiger partial charge in [0.1, 0.15) is 5.75 Å². The summed E-state index contributed by atoms with van der Waals surface area (Å²) in [7, 11) is 1.70. The summed E-state index contributed by atoms with van der Waals surface area (Å²) in [5, 5.41) is 2.86. The first kappa shape index (κ1) is 19.3. The lowest BCUT2D eigenvalue weighted by molar-refractivity contribution is -0.121. The van der Waals surface area contributed by atoms with Crippen LogP contribution in [0.25, 0.3) is 0 Å². The molecule has 0 fully saturated rings. The van der Waals surface area contributed by atoms with Crippen LogP contribution in [0.4, 0.5) is 11.4 Å². The number of hydrogen-bond donors (Lipinski definition) is 2. The van der Waals surface area contributed by atoms with E-state index in [9.17, 15) is 9.59 Å². The number of carbonyl (C=O) groups is 2. The van der Waals surface area contributed by atoms with Crippen LogP contribution in [0.1, 0.15) is 32.1 Å². The van der Waals surface area contributed by atoms with E-state index in [0.717, 1.165) is 25.7 Å². The lowest BCUT2D eigenvalue weighted by Gasteiger charge is -2.26. The number of rotatable bonds is 7. The Hall–Kier alpha value is -1.79. The van der Waals surface area contributed by atoms with E-state index >= 15 is 0 Å². The largest absolute Gasteiger partial charge is 0.482 e. The van der Waals surface area contributed by atoms with Crippen LogP contribution in [0.2, 0.25) is 0 Å². The topological polar surface area (TPSA) is 84.7 Å². The molecule has 7 heteroatoms. The van der Waals surface area contributed by atoms with Crippen molar-refractivity contribution in [1.82, 2.24) is 0 Å². The number of benzene rings is 1. The molecule has 1 aliphatic heterocycles. The van der Waals surface area contributed by atoms with Gasteiger partial charge in [0.2, 0.25) is 5.91 Å². The summed E-state index contributed by atoms with van der Waals surface area (Å²) in [5.74, 6) is 0.538. The van der Waals surface area contributed by atoms with Crippen LogP contribution < -0.4 is 20.7 Å². The molecule has 23 heavy (non-hydrogen) atoms. The zero-order valence-corrected chi connectivity index (χ0v) is 14.2. The van der Waals surface area contributed by atoms with Crippen molar-refractivity contribution in [3.63, 3.8) is 0 Å². The average molecular weight is 342 g/mol. The molecular weight excluding hydrogens is 318 g/mol. The molecular formula is C16H24ClN3O3. The second kappa shape index (κ2) is 9.37. The Morgan fingerprint density at radius 1 is 1.30 bits per heavy atom. The summed E-state index contributed by atoms with van der Waals surface area (Å²) >= 11 is 0. The summed E-state index contributed by atoms with van der Waals surface area (Å²) in [6.45, 7) is 0.758.